The highest BCUT2D eigenvalue weighted by Gasteiger charge is 2.04. The number of benzene rings is 1. The van der Waals surface area contributed by atoms with Gasteiger partial charge in [0.1, 0.15) is 18.2 Å². The molecule has 0 unspecified atom stereocenters. The molecule has 0 aliphatic heterocycles. The van der Waals surface area contributed by atoms with Crippen LogP contribution in [0.25, 0.3) is 0 Å². The minimum atomic E-state index is 0.233. The fraction of sp³-hybridized carbons (Fsp3) is 0.118. The van der Waals surface area contributed by atoms with Crippen LogP contribution in [0.3, 0.4) is 0 Å². The summed E-state index contributed by atoms with van der Waals surface area (Å²) in [4.78, 5) is 12.3. The van der Waals surface area contributed by atoms with Gasteiger partial charge in [-0.15, -0.1) is 0 Å². The highest BCUT2D eigenvalue weighted by Crippen LogP contribution is 2.18. The van der Waals surface area contributed by atoms with E-state index in [1.807, 2.05) is 42.5 Å². The number of rotatable bonds is 6. The van der Waals surface area contributed by atoms with E-state index in [1.54, 1.807) is 12.4 Å². The Hall–Kier alpha value is -1.93. The standard InChI is InChI=1S/C17H14ClIN4O/c18-17-22-10-15(19)16(23-17)21-9-12-4-6-14(7-5-12)24-11-13-3-1-2-8-20-13/h1-8,10H,9,11H2,(H,21,22,23). The van der Waals surface area contributed by atoms with Crippen molar-refractivity contribution >= 4 is 40.0 Å². The zero-order chi connectivity index (χ0) is 16.8. The molecule has 0 spiro atoms. The van der Waals surface area contributed by atoms with E-state index in [9.17, 15) is 0 Å². The highest BCUT2D eigenvalue weighted by atomic mass is 127. The summed E-state index contributed by atoms with van der Waals surface area (Å²) in [6, 6.07) is 13.7. The lowest BCUT2D eigenvalue weighted by Gasteiger charge is -2.09. The quantitative estimate of drug-likeness (QED) is 0.446. The summed E-state index contributed by atoms with van der Waals surface area (Å²) in [6.45, 7) is 1.10. The number of anilines is 1. The molecule has 1 aromatic carbocycles. The number of aromatic nitrogens is 3. The van der Waals surface area contributed by atoms with Crippen LogP contribution in [0.5, 0.6) is 5.75 Å². The van der Waals surface area contributed by atoms with Gasteiger partial charge >= 0.3 is 0 Å². The Labute approximate surface area is 158 Å². The minimum absolute atomic E-state index is 0.233. The van der Waals surface area contributed by atoms with Crippen LogP contribution in [0.15, 0.2) is 54.9 Å². The van der Waals surface area contributed by atoms with E-state index in [0.29, 0.717) is 13.2 Å². The SMILES string of the molecule is Clc1ncc(I)c(NCc2ccc(OCc3ccccn3)cc2)n1. The first-order valence-corrected chi connectivity index (χ1v) is 8.70. The maximum Gasteiger partial charge on any atom is 0.224 e. The van der Waals surface area contributed by atoms with E-state index < -0.39 is 0 Å². The normalized spacial score (nSPS) is 10.4. The molecule has 0 saturated carbocycles. The van der Waals surface area contributed by atoms with Crippen molar-refractivity contribution in [1.29, 1.82) is 0 Å². The molecule has 3 aromatic rings. The van der Waals surface area contributed by atoms with Gasteiger partial charge < -0.3 is 10.1 Å². The van der Waals surface area contributed by atoms with Gasteiger partial charge in [0.25, 0.3) is 0 Å². The molecule has 5 nitrogen and oxygen atoms in total. The lowest BCUT2D eigenvalue weighted by atomic mass is 10.2. The van der Waals surface area contributed by atoms with E-state index >= 15 is 0 Å². The highest BCUT2D eigenvalue weighted by molar-refractivity contribution is 14.1. The third-order valence-electron chi connectivity index (χ3n) is 3.21. The van der Waals surface area contributed by atoms with E-state index in [2.05, 4.69) is 42.9 Å². The van der Waals surface area contributed by atoms with Crippen molar-refractivity contribution in [3.63, 3.8) is 0 Å². The van der Waals surface area contributed by atoms with E-state index in [1.165, 1.54) is 0 Å². The van der Waals surface area contributed by atoms with Gasteiger partial charge in [-0.25, -0.2) is 4.98 Å². The smallest absolute Gasteiger partial charge is 0.224 e. The Morgan fingerprint density at radius 1 is 1.08 bits per heavy atom. The van der Waals surface area contributed by atoms with Crippen LogP contribution in [0.1, 0.15) is 11.3 Å². The molecule has 0 amide bonds. The molecule has 0 fully saturated rings. The van der Waals surface area contributed by atoms with Crippen LogP contribution in [0.4, 0.5) is 5.82 Å². The fourth-order valence-corrected chi connectivity index (χ4v) is 2.58. The summed E-state index contributed by atoms with van der Waals surface area (Å²) in [5.74, 6) is 1.54. The maximum absolute atomic E-state index is 5.82. The number of hydrogen-bond acceptors (Lipinski definition) is 5. The molecule has 2 aromatic heterocycles. The third-order valence-corrected chi connectivity index (χ3v) is 4.18. The van der Waals surface area contributed by atoms with Crippen LogP contribution in [-0.2, 0) is 13.2 Å². The maximum atomic E-state index is 5.82. The minimum Gasteiger partial charge on any atom is -0.487 e. The molecule has 1 N–H and O–H groups in total. The zero-order valence-corrected chi connectivity index (χ0v) is 15.5. The molecule has 122 valence electrons. The molecular weight excluding hydrogens is 439 g/mol. The number of hydrogen-bond donors (Lipinski definition) is 1. The topological polar surface area (TPSA) is 59.9 Å². The van der Waals surface area contributed by atoms with E-state index in [-0.39, 0.29) is 5.28 Å². The molecule has 3 rings (SSSR count). The average molecular weight is 453 g/mol. The average Bonchev–Trinajstić information content (AvgIpc) is 2.62. The Balaban J connectivity index is 1.55. The number of ether oxygens (including phenoxy) is 1. The Morgan fingerprint density at radius 3 is 2.67 bits per heavy atom. The summed E-state index contributed by atoms with van der Waals surface area (Å²) in [5.41, 5.74) is 2.02. The second-order valence-electron chi connectivity index (χ2n) is 4.94. The van der Waals surface area contributed by atoms with Crippen molar-refractivity contribution in [1.82, 2.24) is 15.0 Å². The largest absolute Gasteiger partial charge is 0.487 e. The molecule has 0 aliphatic carbocycles. The van der Waals surface area contributed by atoms with Gasteiger partial charge in [-0.05, 0) is 64.0 Å². The zero-order valence-electron chi connectivity index (χ0n) is 12.6. The van der Waals surface area contributed by atoms with Crippen molar-refractivity contribution < 1.29 is 4.74 Å². The van der Waals surface area contributed by atoms with Crippen molar-refractivity contribution in [2.24, 2.45) is 0 Å². The van der Waals surface area contributed by atoms with Gasteiger partial charge in [0.15, 0.2) is 0 Å². The van der Waals surface area contributed by atoms with E-state index in [0.717, 1.165) is 26.4 Å². The summed E-state index contributed by atoms with van der Waals surface area (Å²) in [6.07, 6.45) is 3.45. The van der Waals surface area contributed by atoms with Crippen molar-refractivity contribution in [3.8, 4) is 5.75 Å². The predicted octanol–water partition coefficient (Wildman–Crippen LogP) is 4.32. The van der Waals surface area contributed by atoms with Crippen LogP contribution >= 0.6 is 34.2 Å². The van der Waals surface area contributed by atoms with E-state index in [4.69, 9.17) is 16.3 Å². The molecule has 0 radical (unpaired) electrons. The molecule has 0 atom stereocenters. The van der Waals surface area contributed by atoms with Gasteiger partial charge in [-0.3, -0.25) is 4.98 Å². The molecule has 0 aliphatic rings. The monoisotopic (exact) mass is 452 g/mol. The van der Waals surface area contributed by atoms with Crippen LogP contribution < -0.4 is 10.1 Å². The Morgan fingerprint density at radius 2 is 1.92 bits per heavy atom. The first kappa shape index (κ1) is 16.9. The van der Waals surface area contributed by atoms with Gasteiger partial charge in [0, 0.05) is 18.9 Å². The summed E-state index contributed by atoms with van der Waals surface area (Å²) in [7, 11) is 0. The lowest BCUT2D eigenvalue weighted by Crippen LogP contribution is -2.04. The first-order chi connectivity index (χ1) is 11.7. The number of nitrogens with one attached hydrogen (secondary N) is 1. The van der Waals surface area contributed by atoms with Crippen LogP contribution in [0.2, 0.25) is 5.28 Å². The molecule has 0 saturated heterocycles. The summed E-state index contributed by atoms with van der Waals surface area (Å²) >= 11 is 7.99. The Kier molecular flexibility index (Phi) is 5.81. The number of nitrogens with zero attached hydrogens (tertiary/aromatic N) is 3. The van der Waals surface area contributed by atoms with Gasteiger partial charge in [0.2, 0.25) is 5.28 Å². The first-order valence-electron chi connectivity index (χ1n) is 7.24. The fourth-order valence-electron chi connectivity index (χ4n) is 2.00. The summed E-state index contributed by atoms with van der Waals surface area (Å²) < 4.78 is 6.65. The van der Waals surface area contributed by atoms with Gasteiger partial charge in [0.05, 0.1) is 9.26 Å². The molecule has 2 heterocycles. The van der Waals surface area contributed by atoms with Crippen molar-refractivity contribution in [2.45, 2.75) is 13.2 Å². The summed E-state index contributed by atoms with van der Waals surface area (Å²) in [5, 5.41) is 3.49. The molecule has 0 bridgehead atoms. The van der Waals surface area contributed by atoms with Gasteiger partial charge in [-0.2, -0.15) is 4.98 Å². The second-order valence-corrected chi connectivity index (χ2v) is 6.44. The molecule has 7 heteroatoms. The second kappa shape index (κ2) is 8.25. The van der Waals surface area contributed by atoms with Gasteiger partial charge in [-0.1, -0.05) is 18.2 Å². The molecular formula is C17H14ClIN4O. The Bertz CT molecular complexity index is 799. The molecule has 24 heavy (non-hydrogen) atoms. The van der Waals surface area contributed by atoms with Crippen LogP contribution in [-0.4, -0.2) is 15.0 Å². The number of pyridine rings is 1. The predicted molar refractivity (Wildman–Crippen MR) is 102 cm³/mol. The van der Waals surface area contributed by atoms with Crippen molar-refractivity contribution in [2.75, 3.05) is 5.32 Å². The lowest BCUT2D eigenvalue weighted by molar-refractivity contribution is 0.301. The third kappa shape index (κ3) is 4.78. The van der Waals surface area contributed by atoms with Crippen LogP contribution in [0, 0.1) is 3.57 Å². The number of halogens is 2. The van der Waals surface area contributed by atoms with Crippen molar-refractivity contribution in [3.05, 3.63) is 75.0 Å².